The molecule has 1 atom stereocenters. The highest BCUT2D eigenvalue weighted by molar-refractivity contribution is 5.97. The van der Waals surface area contributed by atoms with Gasteiger partial charge in [0.05, 0.1) is 13.1 Å². The van der Waals surface area contributed by atoms with Crippen molar-refractivity contribution in [3.05, 3.63) is 59.7 Å². The van der Waals surface area contributed by atoms with E-state index in [2.05, 4.69) is 5.32 Å². The lowest BCUT2D eigenvalue weighted by molar-refractivity contribution is -0.130. The second-order valence-electron chi connectivity index (χ2n) is 6.27. The standard InChI is InChI=1S/C20H22N2O4/c1-14-7-3-4-8-16(14)20(24)21-11-19(23)22(2)12-15-13-25-17-9-5-6-10-18(17)26-15/h3-10,15H,11-13H2,1-2H3,(H,21,24). The molecule has 136 valence electrons. The summed E-state index contributed by atoms with van der Waals surface area (Å²) < 4.78 is 11.5. The Labute approximate surface area is 152 Å². The van der Waals surface area contributed by atoms with Crippen molar-refractivity contribution in [2.24, 2.45) is 0 Å². The maximum Gasteiger partial charge on any atom is 0.251 e. The minimum Gasteiger partial charge on any atom is -0.486 e. The van der Waals surface area contributed by atoms with Gasteiger partial charge in [-0.3, -0.25) is 9.59 Å². The summed E-state index contributed by atoms with van der Waals surface area (Å²) in [6.07, 6.45) is -0.245. The smallest absolute Gasteiger partial charge is 0.251 e. The first-order chi connectivity index (χ1) is 12.5. The van der Waals surface area contributed by atoms with E-state index < -0.39 is 0 Å². The zero-order valence-corrected chi connectivity index (χ0v) is 14.9. The predicted molar refractivity (Wildman–Crippen MR) is 97.5 cm³/mol. The van der Waals surface area contributed by atoms with Crippen LogP contribution >= 0.6 is 0 Å². The zero-order chi connectivity index (χ0) is 18.5. The Morgan fingerprint density at radius 2 is 1.81 bits per heavy atom. The maximum absolute atomic E-state index is 12.3. The average Bonchev–Trinajstić information content (AvgIpc) is 2.66. The third kappa shape index (κ3) is 4.14. The van der Waals surface area contributed by atoms with Gasteiger partial charge in [0.15, 0.2) is 17.6 Å². The van der Waals surface area contributed by atoms with Crippen LogP contribution in [0.5, 0.6) is 11.5 Å². The Hall–Kier alpha value is -3.02. The average molecular weight is 354 g/mol. The van der Waals surface area contributed by atoms with Crippen molar-refractivity contribution in [2.75, 3.05) is 26.7 Å². The third-order valence-electron chi connectivity index (χ3n) is 4.26. The summed E-state index contributed by atoms with van der Waals surface area (Å²) in [5.74, 6) is 0.950. The molecule has 1 heterocycles. The van der Waals surface area contributed by atoms with Gasteiger partial charge in [-0.15, -0.1) is 0 Å². The maximum atomic E-state index is 12.3. The fraction of sp³-hybridized carbons (Fsp3) is 0.300. The molecule has 1 aliphatic rings. The number of carbonyl (C=O) groups is 2. The number of rotatable bonds is 5. The number of aryl methyl sites for hydroxylation is 1. The molecule has 0 saturated carbocycles. The van der Waals surface area contributed by atoms with E-state index in [0.29, 0.717) is 30.2 Å². The van der Waals surface area contributed by atoms with Crippen LogP contribution in [0.2, 0.25) is 0 Å². The number of hydrogen-bond donors (Lipinski definition) is 1. The Kier molecular flexibility index (Phi) is 5.41. The molecule has 0 spiro atoms. The van der Waals surface area contributed by atoms with Gasteiger partial charge in [-0.05, 0) is 30.7 Å². The van der Waals surface area contributed by atoms with Crippen LogP contribution < -0.4 is 14.8 Å². The minimum absolute atomic E-state index is 0.0617. The van der Waals surface area contributed by atoms with E-state index in [9.17, 15) is 9.59 Å². The van der Waals surface area contributed by atoms with Crippen molar-refractivity contribution in [3.63, 3.8) is 0 Å². The zero-order valence-electron chi connectivity index (χ0n) is 14.9. The Balaban J connectivity index is 1.49. The highest BCUT2D eigenvalue weighted by Crippen LogP contribution is 2.30. The fourth-order valence-electron chi connectivity index (χ4n) is 2.77. The van der Waals surface area contributed by atoms with Crippen LogP contribution in [0, 0.1) is 6.92 Å². The molecule has 26 heavy (non-hydrogen) atoms. The van der Waals surface area contributed by atoms with E-state index in [4.69, 9.17) is 9.47 Å². The number of hydrogen-bond acceptors (Lipinski definition) is 4. The van der Waals surface area contributed by atoms with Crippen LogP contribution in [0.1, 0.15) is 15.9 Å². The fourth-order valence-corrected chi connectivity index (χ4v) is 2.77. The summed E-state index contributed by atoms with van der Waals surface area (Å²) >= 11 is 0. The molecule has 1 aliphatic heterocycles. The van der Waals surface area contributed by atoms with Gasteiger partial charge >= 0.3 is 0 Å². The number of amides is 2. The van der Waals surface area contributed by atoms with Gasteiger partial charge in [-0.2, -0.15) is 0 Å². The monoisotopic (exact) mass is 354 g/mol. The molecule has 0 radical (unpaired) electrons. The van der Waals surface area contributed by atoms with Gasteiger partial charge in [0.1, 0.15) is 6.61 Å². The summed E-state index contributed by atoms with van der Waals surface area (Å²) in [4.78, 5) is 26.0. The van der Waals surface area contributed by atoms with Crippen molar-refractivity contribution < 1.29 is 19.1 Å². The molecule has 6 heteroatoms. The van der Waals surface area contributed by atoms with Gasteiger partial charge in [0.2, 0.25) is 5.91 Å². The van der Waals surface area contributed by atoms with E-state index >= 15 is 0 Å². The second kappa shape index (κ2) is 7.91. The molecular formula is C20H22N2O4. The van der Waals surface area contributed by atoms with Crippen LogP contribution in [0.15, 0.2) is 48.5 Å². The van der Waals surface area contributed by atoms with Crippen molar-refractivity contribution in [1.29, 1.82) is 0 Å². The van der Waals surface area contributed by atoms with Crippen molar-refractivity contribution in [1.82, 2.24) is 10.2 Å². The molecule has 0 saturated heterocycles. The number of carbonyl (C=O) groups excluding carboxylic acids is 2. The first-order valence-corrected chi connectivity index (χ1v) is 8.51. The number of ether oxygens (including phenoxy) is 2. The van der Waals surface area contributed by atoms with E-state index in [0.717, 1.165) is 5.56 Å². The summed E-state index contributed by atoms with van der Waals surface area (Å²) in [6, 6.07) is 14.7. The van der Waals surface area contributed by atoms with Gasteiger partial charge in [0.25, 0.3) is 5.91 Å². The first-order valence-electron chi connectivity index (χ1n) is 8.51. The summed E-state index contributed by atoms with van der Waals surface area (Å²) in [5.41, 5.74) is 1.45. The highest BCUT2D eigenvalue weighted by Gasteiger charge is 2.23. The third-order valence-corrected chi connectivity index (χ3v) is 4.26. The van der Waals surface area contributed by atoms with Gasteiger partial charge < -0.3 is 19.7 Å². The number of para-hydroxylation sites is 2. The molecule has 0 aliphatic carbocycles. The lowest BCUT2D eigenvalue weighted by atomic mass is 10.1. The molecule has 0 fully saturated rings. The molecule has 6 nitrogen and oxygen atoms in total. The lowest BCUT2D eigenvalue weighted by Crippen LogP contribution is -2.45. The lowest BCUT2D eigenvalue weighted by Gasteiger charge is -2.29. The van der Waals surface area contributed by atoms with Crippen LogP contribution in [0.25, 0.3) is 0 Å². The van der Waals surface area contributed by atoms with Crippen molar-refractivity contribution in [2.45, 2.75) is 13.0 Å². The summed E-state index contributed by atoms with van der Waals surface area (Å²) in [7, 11) is 1.69. The van der Waals surface area contributed by atoms with Crippen LogP contribution in [-0.4, -0.2) is 49.6 Å². The van der Waals surface area contributed by atoms with E-state index in [1.807, 2.05) is 43.3 Å². The number of likely N-dealkylation sites (N-methyl/N-ethyl adjacent to an activating group) is 1. The van der Waals surface area contributed by atoms with Crippen LogP contribution in [0.4, 0.5) is 0 Å². The first kappa shape index (κ1) is 17.8. The number of nitrogens with one attached hydrogen (secondary N) is 1. The van der Waals surface area contributed by atoms with Gasteiger partial charge in [-0.1, -0.05) is 30.3 Å². The normalized spacial score (nSPS) is 15.2. The van der Waals surface area contributed by atoms with Crippen LogP contribution in [0.3, 0.4) is 0 Å². The summed E-state index contributed by atoms with van der Waals surface area (Å²) in [5, 5.41) is 2.67. The molecule has 2 aromatic carbocycles. The quantitative estimate of drug-likeness (QED) is 0.892. The number of fused-ring (bicyclic) bond motifs is 1. The van der Waals surface area contributed by atoms with Gasteiger partial charge in [-0.25, -0.2) is 0 Å². The highest BCUT2D eigenvalue weighted by atomic mass is 16.6. The van der Waals surface area contributed by atoms with E-state index in [1.165, 1.54) is 0 Å². The summed E-state index contributed by atoms with van der Waals surface area (Å²) in [6.45, 7) is 2.56. The largest absolute Gasteiger partial charge is 0.486 e. The molecule has 0 aromatic heterocycles. The molecule has 2 amide bonds. The Morgan fingerprint density at radius 3 is 2.58 bits per heavy atom. The molecule has 3 rings (SSSR count). The van der Waals surface area contributed by atoms with Crippen molar-refractivity contribution >= 4 is 11.8 Å². The minimum atomic E-state index is -0.254. The number of benzene rings is 2. The van der Waals surface area contributed by atoms with Crippen molar-refractivity contribution in [3.8, 4) is 11.5 Å². The topological polar surface area (TPSA) is 67.9 Å². The molecule has 2 aromatic rings. The predicted octanol–water partition coefficient (Wildman–Crippen LogP) is 2.02. The second-order valence-corrected chi connectivity index (χ2v) is 6.27. The number of nitrogens with zero attached hydrogens (tertiary/aromatic N) is 1. The van der Waals surface area contributed by atoms with Gasteiger partial charge in [0, 0.05) is 12.6 Å². The Morgan fingerprint density at radius 1 is 1.12 bits per heavy atom. The Bertz CT molecular complexity index is 806. The van der Waals surface area contributed by atoms with E-state index in [-0.39, 0.29) is 24.5 Å². The van der Waals surface area contributed by atoms with E-state index in [1.54, 1.807) is 24.1 Å². The molecule has 1 unspecified atom stereocenters. The molecule has 0 bridgehead atoms. The SMILES string of the molecule is Cc1ccccc1C(=O)NCC(=O)N(C)CC1COc2ccccc2O1. The van der Waals surface area contributed by atoms with Crippen LogP contribution in [-0.2, 0) is 4.79 Å². The molecular weight excluding hydrogens is 332 g/mol. The molecule has 1 N–H and O–H groups in total.